The molecule has 0 aliphatic rings. The van der Waals surface area contributed by atoms with Crippen LogP contribution >= 0.6 is 0 Å². The van der Waals surface area contributed by atoms with Gasteiger partial charge in [0.05, 0.1) is 62.7 Å². The zero-order valence-corrected chi connectivity index (χ0v) is 26.7. The van der Waals surface area contributed by atoms with Crippen molar-refractivity contribution in [2.45, 2.75) is 0 Å². The van der Waals surface area contributed by atoms with Crippen molar-refractivity contribution in [2.24, 2.45) is 0 Å². The molecule has 9 rings (SSSR count). The van der Waals surface area contributed by atoms with Gasteiger partial charge < -0.3 is 9.13 Å². The third-order valence-electron chi connectivity index (χ3n) is 9.62. The average Bonchev–Trinajstić information content (AvgIpc) is 3.69. The van der Waals surface area contributed by atoms with Crippen molar-refractivity contribution in [1.29, 1.82) is 15.8 Å². The Bertz CT molecular complexity index is 2920. The molecule has 0 fully saturated rings. The molecule has 0 aliphatic heterocycles. The Morgan fingerprint density at radius 1 is 0.400 bits per heavy atom. The smallest absolute Gasteiger partial charge is 0.0998 e. The third kappa shape index (κ3) is 4.31. The second-order valence-corrected chi connectivity index (χ2v) is 12.3. The summed E-state index contributed by atoms with van der Waals surface area (Å²) < 4.78 is 4.45. The molecule has 0 bridgehead atoms. The van der Waals surface area contributed by atoms with Crippen LogP contribution in [0.2, 0.25) is 0 Å². The summed E-state index contributed by atoms with van der Waals surface area (Å²) in [6, 6.07) is 57.8. The minimum Gasteiger partial charge on any atom is -0.309 e. The van der Waals surface area contributed by atoms with Crippen LogP contribution in [0.25, 0.3) is 77.2 Å². The highest BCUT2D eigenvalue weighted by Gasteiger charge is 2.21. The van der Waals surface area contributed by atoms with Crippen molar-refractivity contribution in [3.8, 4) is 51.8 Å². The maximum Gasteiger partial charge on any atom is 0.0998 e. The molecule has 50 heavy (non-hydrogen) atoms. The van der Waals surface area contributed by atoms with E-state index in [4.69, 9.17) is 0 Å². The number of nitriles is 3. The van der Waals surface area contributed by atoms with Gasteiger partial charge in [-0.2, -0.15) is 15.8 Å². The lowest BCUT2D eigenvalue weighted by molar-refractivity contribution is 1.18. The number of hydrogen-bond donors (Lipinski definition) is 0. The highest BCUT2D eigenvalue weighted by atomic mass is 15.0. The first-order valence-corrected chi connectivity index (χ1v) is 16.3. The minimum absolute atomic E-state index is 0.559. The fourth-order valence-corrected chi connectivity index (χ4v) is 7.49. The molecule has 5 nitrogen and oxygen atoms in total. The van der Waals surface area contributed by atoms with E-state index in [0.29, 0.717) is 16.7 Å². The highest BCUT2D eigenvalue weighted by Crippen LogP contribution is 2.42. The fraction of sp³-hybridized carbons (Fsp3) is 0. The summed E-state index contributed by atoms with van der Waals surface area (Å²) >= 11 is 0. The average molecular weight is 636 g/mol. The minimum atomic E-state index is 0.559. The van der Waals surface area contributed by atoms with Crippen LogP contribution in [0.4, 0.5) is 0 Å². The molecule has 5 heteroatoms. The van der Waals surface area contributed by atoms with Crippen molar-refractivity contribution >= 4 is 43.6 Å². The van der Waals surface area contributed by atoms with E-state index in [9.17, 15) is 15.8 Å². The Kier molecular flexibility index (Phi) is 6.56. The lowest BCUT2D eigenvalue weighted by atomic mass is 9.89. The number of para-hydroxylation sites is 3. The lowest BCUT2D eigenvalue weighted by Gasteiger charge is -2.18. The van der Waals surface area contributed by atoms with Gasteiger partial charge in [0.1, 0.15) is 0 Å². The zero-order valence-electron chi connectivity index (χ0n) is 26.7. The van der Waals surface area contributed by atoms with Crippen LogP contribution in [0.1, 0.15) is 16.7 Å². The molecule has 2 aromatic heterocycles. The maximum atomic E-state index is 10.5. The number of benzene rings is 7. The van der Waals surface area contributed by atoms with Crippen molar-refractivity contribution in [3.63, 3.8) is 0 Å². The fourth-order valence-electron chi connectivity index (χ4n) is 7.49. The number of rotatable bonds is 4. The van der Waals surface area contributed by atoms with Crippen LogP contribution in [0.15, 0.2) is 152 Å². The van der Waals surface area contributed by atoms with Crippen LogP contribution in [0, 0.1) is 34.0 Å². The van der Waals surface area contributed by atoms with Crippen LogP contribution in [0.3, 0.4) is 0 Å². The molecule has 0 spiro atoms. The summed E-state index contributed by atoms with van der Waals surface area (Å²) in [5.74, 6) is 0. The molecular weight excluding hydrogens is 611 g/mol. The quantitative estimate of drug-likeness (QED) is 0.193. The molecule has 0 saturated carbocycles. The van der Waals surface area contributed by atoms with Crippen LogP contribution in [-0.2, 0) is 0 Å². The summed E-state index contributed by atoms with van der Waals surface area (Å²) in [5.41, 5.74) is 11.3. The van der Waals surface area contributed by atoms with Gasteiger partial charge in [-0.05, 0) is 77.9 Å². The first-order valence-electron chi connectivity index (χ1n) is 16.3. The lowest BCUT2D eigenvalue weighted by Crippen LogP contribution is -2.00. The largest absolute Gasteiger partial charge is 0.309 e. The molecule has 0 saturated heterocycles. The molecular formula is C45H25N5. The van der Waals surface area contributed by atoms with Gasteiger partial charge in [-0.3, -0.25) is 0 Å². The summed E-state index contributed by atoms with van der Waals surface area (Å²) in [7, 11) is 0. The van der Waals surface area contributed by atoms with E-state index in [0.717, 1.165) is 66.5 Å². The molecule has 230 valence electrons. The summed E-state index contributed by atoms with van der Waals surface area (Å²) in [6.45, 7) is 0. The predicted octanol–water partition coefficient (Wildman–Crippen LogP) is 10.8. The standard InChI is InChI=1S/C45H25N5/c46-26-29-20-22-43-39(23-29)37-21-19-30(27-47)24-44(37)49(43)33-11-7-9-31(25-33)34-15-8-10-32(28-48)45(34)38-14-3-6-18-42(38)50-40-16-4-1-12-35(40)36-13-2-5-17-41(36)50/h1-25H. The van der Waals surface area contributed by atoms with Crippen LogP contribution in [0.5, 0.6) is 0 Å². The molecule has 7 aromatic carbocycles. The molecule has 0 unspecified atom stereocenters. The van der Waals surface area contributed by atoms with Gasteiger partial charge in [0, 0.05) is 38.4 Å². The molecule has 9 aromatic rings. The zero-order chi connectivity index (χ0) is 33.8. The van der Waals surface area contributed by atoms with Gasteiger partial charge in [-0.25, -0.2) is 0 Å². The van der Waals surface area contributed by atoms with E-state index < -0.39 is 0 Å². The third-order valence-corrected chi connectivity index (χ3v) is 9.62. The van der Waals surface area contributed by atoms with E-state index in [1.54, 1.807) is 0 Å². The second-order valence-electron chi connectivity index (χ2n) is 12.3. The van der Waals surface area contributed by atoms with Gasteiger partial charge in [0.2, 0.25) is 0 Å². The number of aromatic nitrogens is 2. The maximum absolute atomic E-state index is 10.5. The molecule has 0 N–H and O–H groups in total. The number of nitrogens with zero attached hydrogens (tertiary/aromatic N) is 5. The summed E-state index contributed by atoms with van der Waals surface area (Å²) in [4.78, 5) is 0. The van der Waals surface area contributed by atoms with Crippen molar-refractivity contribution in [1.82, 2.24) is 9.13 Å². The monoisotopic (exact) mass is 635 g/mol. The Hall–Kier alpha value is -7.39. The first-order chi connectivity index (χ1) is 24.7. The van der Waals surface area contributed by atoms with E-state index in [2.05, 4.69) is 112 Å². The van der Waals surface area contributed by atoms with E-state index >= 15 is 0 Å². The Morgan fingerprint density at radius 2 is 1.02 bits per heavy atom. The van der Waals surface area contributed by atoms with E-state index in [1.807, 2.05) is 66.7 Å². The molecule has 2 heterocycles. The highest BCUT2D eigenvalue weighted by molar-refractivity contribution is 6.11. The number of fused-ring (bicyclic) bond motifs is 6. The molecule has 0 atom stereocenters. The predicted molar refractivity (Wildman–Crippen MR) is 200 cm³/mol. The van der Waals surface area contributed by atoms with Crippen molar-refractivity contribution in [3.05, 3.63) is 168 Å². The topological polar surface area (TPSA) is 81.2 Å². The number of hydrogen-bond acceptors (Lipinski definition) is 3. The van der Waals surface area contributed by atoms with Crippen molar-refractivity contribution < 1.29 is 0 Å². The van der Waals surface area contributed by atoms with Crippen LogP contribution < -0.4 is 0 Å². The van der Waals surface area contributed by atoms with Gasteiger partial charge in [0.25, 0.3) is 0 Å². The normalized spacial score (nSPS) is 11.1. The molecule has 0 aliphatic carbocycles. The first kappa shape index (κ1) is 28.8. The van der Waals surface area contributed by atoms with Gasteiger partial charge in [-0.15, -0.1) is 0 Å². The summed E-state index contributed by atoms with van der Waals surface area (Å²) in [5, 5.41) is 34.2. The second kappa shape index (κ2) is 11.4. The van der Waals surface area contributed by atoms with Crippen LogP contribution in [-0.4, -0.2) is 9.13 Å². The molecule has 0 amide bonds. The Morgan fingerprint density at radius 3 is 1.78 bits per heavy atom. The SMILES string of the molecule is N#Cc1ccc2c(c1)c1ccc(C#N)cc1n2-c1cccc(-c2cccc(C#N)c2-c2ccccc2-n2c3ccccc3c3ccccc32)c1. The van der Waals surface area contributed by atoms with E-state index in [1.165, 1.54) is 10.8 Å². The van der Waals surface area contributed by atoms with Gasteiger partial charge >= 0.3 is 0 Å². The Labute approximate surface area is 287 Å². The van der Waals surface area contributed by atoms with Crippen molar-refractivity contribution in [2.75, 3.05) is 0 Å². The van der Waals surface area contributed by atoms with Gasteiger partial charge in [0.15, 0.2) is 0 Å². The molecule has 0 radical (unpaired) electrons. The summed E-state index contributed by atoms with van der Waals surface area (Å²) in [6.07, 6.45) is 0. The van der Waals surface area contributed by atoms with Gasteiger partial charge in [-0.1, -0.05) is 84.9 Å². The van der Waals surface area contributed by atoms with E-state index in [-0.39, 0.29) is 0 Å². The Balaban J connectivity index is 1.30.